The number of Topliss-reactive ketones (excluding diaryl/α,β-unsaturated/α-hetero) is 2. The second kappa shape index (κ2) is 18.8. The van der Waals surface area contributed by atoms with Crippen molar-refractivity contribution in [2.75, 3.05) is 39.4 Å². The zero-order chi connectivity index (χ0) is 26.2. The van der Waals surface area contributed by atoms with Gasteiger partial charge in [0.2, 0.25) is 0 Å². The molecule has 6 nitrogen and oxygen atoms in total. The molecule has 0 saturated heterocycles. The minimum absolute atomic E-state index is 0. The third kappa shape index (κ3) is 11.2. The minimum Gasteiger partial charge on any atom is -1.00 e. The second-order valence-electron chi connectivity index (χ2n) is 9.06. The van der Waals surface area contributed by atoms with Crippen molar-refractivity contribution in [3.05, 3.63) is 59.7 Å². The van der Waals surface area contributed by atoms with Crippen LogP contribution >= 0.6 is 0 Å². The molecule has 2 N–H and O–H groups in total. The number of carbonyl (C=O) groups excluding carboxylic acids is 2. The Morgan fingerprint density at radius 3 is 1.30 bits per heavy atom. The molecule has 0 aliphatic heterocycles. The van der Waals surface area contributed by atoms with Gasteiger partial charge in [0.05, 0.1) is 13.2 Å². The summed E-state index contributed by atoms with van der Waals surface area (Å²) in [5.41, 5.74) is 1.36. The van der Waals surface area contributed by atoms with Crippen LogP contribution in [0.4, 0.5) is 0 Å². The van der Waals surface area contributed by atoms with Gasteiger partial charge in [0.1, 0.15) is 11.5 Å². The molecule has 0 radical (unpaired) electrons. The molecule has 0 aliphatic rings. The number of nitrogens with one attached hydrogen (secondary N) is 2. The summed E-state index contributed by atoms with van der Waals surface area (Å²) >= 11 is 0. The molecule has 0 aliphatic carbocycles. The van der Waals surface area contributed by atoms with E-state index in [0.717, 1.165) is 37.4 Å². The van der Waals surface area contributed by atoms with Crippen LogP contribution in [-0.2, 0) is 0 Å². The van der Waals surface area contributed by atoms with Crippen LogP contribution in [0.2, 0.25) is 0 Å². The van der Waals surface area contributed by atoms with Gasteiger partial charge in [-0.25, -0.2) is 0 Å². The van der Waals surface area contributed by atoms with Gasteiger partial charge in [-0.3, -0.25) is 9.59 Å². The van der Waals surface area contributed by atoms with Crippen LogP contribution < -0.4 is 32.5 Å². The van der Waals surface area contributed by atoms with E-state index < -0.39 is 0 Å². The average molecular weight is 532 g/mol. The van der Waals surface area contributed by atoms with E-state index in [4.69, 9.17) is 9.47 Å². The molecule has 2 aromatic carbocycles. The van der Waals surface area contributed by atoms with Gasteiger partial charge in [-0.05, 0) is 87.3 Å². The van der Waals surface area contributed by atoms with Crippen LogP contribution in [0.3, 0.4) is 0 Å². The van der Waals surface area contributed by atoms with Gasteiger partial charge in [0.15, 0.2) is 11.6 Å². The zero-order valence-corrected chi connectivity index (χ0v) is 23.6. The van der Waals surface area contributed by atoms with E-state index in [2.05, 4.69) is 24.5 Å². The topological polar surface area (TPSA) is 76.7 Å². The second-order valence-corrected chi connectivity index (χ2v) is 9.06. The van der Waals surface area contributed by atoms with Crippen molar-refractivity contribution >= 4 is 11.6 Å². The molecule has 2 rings (SSSR count). The highest BCUT2D eigenvalue weighted by molar-refractivity contribution is 5.99. The number of ketones is 2. The molecule has 0 spiro atoms. The van der Waals surface area contributed by atoms with Gasteiger partial charge in [-0.1, -0.05) is 27.7 Å². The summed E-state index contributed by atoms with van der Waals surface area (Å²) in [5.74, 6) is 1.36. The van der Waals surface area contributed by atoms with Crippen molar-refractivity contribution in [1.82, 2.24) is 10.6 Å². The van der Waals surface area contributed by atoms with Gasteiger partial charge < -0.3 is 32.5 Å². The third-order valence-corrected chi connectivity index (χ3v) is 6.11. The first-order valence-electron chi connectivity index (χ1n) is 13.5. The molecule has 2 atom stereocenters. The number of ether oxygens (including phenoxy) is 2. The molecule has 206 valence electrons. The van der Waals surface area contributed by atoms with Crippen LogP contribution in [0.5, 0.6) is 11.5 Å². The van der Waals surface area contributed by atoms with Crippen molar-refractivity contribution < 1.29 is 31.5 Å². The Kier molecular flexibility index (Phi) is 16.6. The highest BCUT2D eigenvalue weighted by Gasteiger charge is 2.25. The van der Waals surface area contributed by atoms with E-state index in [1.54, 1.807) is 0 Å². The first-order valence-corrected chi connectivity index (χ1v) is 13.5. The molecule has 0 heterocycles. The Bertz CT molecular complexity index is 827. The predicted molar refractivity (Wildman–Crippen MR) is 146 cm³/mol. The van der Waals surface area contributed by atoms with Crippen molar-refractivity contribution in [2.24, 2.45) is 11.8 Å². The maximum absolute atomic E-state index is 13.4. The minimum atomic E-state index is -0.200. The quantitative estimate of drug-likeness (QED) is 0.271. The smallest absolute Gasteiger partial charge is 0.167 e. The van der Waals surface area contributed by atoms with E-state index in [1.165, 1.54) is 0 Å². The Hall–Kier alpha value is -2.41. The highest BCUT2D eigenvalue weighted by Crippen LogP contribution is 2.23. The summed E-state index contributed by atoms with van der Waals surface area (Å²) in [6.07, 6.45) is 3.16. The standard InChI is InChI=1S/C30H44N2O4.ClH/c1-5-19-35-27-15-11-23(12-16-27)29(33)25(21-31-7-3)9-10-26(22-32-8-4)30(34)24-13-17-28(18-14-24)36-20-6-2;/h11-18,25-26,31-32H,5-10,19-22H2,1-4H3;1H/p-1. The fraction of sp³-hybridized carbons (Fsp3) is 0.533. The summed E-state index contributed by atoms with van der Waals surface area (Å²) in [6.45, 7) is 12.3. The summed E-state index contributed by atoms with van der Waals surface area (Å²) < 4.78 is 11.3. The Labute approximate surface area is 229 Å². The molecule has 2 unspecified atom stereocenters. The Morgan fingerprint density at radius 2 is 1.00 bits per heavy atom. The maximum Gasteiger partial charge on any atom is 0.167 e. The number of halogens is 1. The Balaban J connectivity index is 0.00000684. The molecule has 0 amide bonds. The highest BCUT2D eigenvalue weighted by atomic mass is 35.5. The number of benzene rings is 2. The zero-order valence-electron chi connectivity index (χ0n) is 22.9. The van der Waals surface area contributed by atoms with Gasteiger partial charge in [0, 0.05) is 36.1 Å². The first-order chi connectivity index (χ1) is 17.5. The molecule has 37 heavy (non-hydrogen) atoms. The fourth-order valence-corrected chi connectivity index (χ4v) is 4.03. The van der Waals surface area contributed by atoms with Crippen LogP contribution in [0, 0.1) is 11.8 Å². The lowest BCUT2D eigenvalue weighted by Gasteiger charge is -2.21. The number of carbonyl (C=O) groups is 2. The van der Waals surface area contributed by atoms with Crippen molar-refractivity contribution in [3.8, 4) is 11.5 Å². The molecule has 0 saturated carbocycles. The van der Waals surface area contributed by atoms with E-state index in [1.807, 2.05) is 62.4 Å². The third-order valence-electron chi connectivity index (χ3n) is 6.11. The van der Waals surface area contributed by atoms with Crippen LogP contribution in [0.15, 0.2) is 48.5 Å². The summed E-state index contributed by atoms with van der Waals surface area (Å²) in [7, 11) is 0. The van der Waals surface area contributed by atoms with Gasteiger partial charge in [-0.2, -0.15) is 0 Å². The molecule has 0 aromatic heterocycles. The van der Waals surface area contributed by atoms with E-state index in [-0.39, 0.29) is 35.8 Å². The predicted octanol–water partition coefficient (Wildman–Crippen LogP) is 2.57. The fourth-order valence-electron chi connectivity index (χ4n) is 4.03. The number of rotatable bonds is 19. The first kappa shape index (κ1) is 32.6. The number of hydrogen-bond acceptors (Lipinski definition) is 6. The molecule has 2 aromatic rings. The van der Waals surface area contributed by atoms with Crippen molar-refractivity contribution in [2.45, 2.75) is 53.4 Å². The molecule has 0 fully saturated rings. The lowest BCUT2D eigenvalue weighted by atomic mass is 9.86. The van der Waals surface area contributed by atoms with Crippen LogP contribution in [0.1, 0.15) is 74.1 Å². The SMILES string of the molecule is CCCOc1ccc(C(=O)C(CCC(CNCC)C(=O)c2ccc(OCCC)cc2)CNCC)cc1.[Cl-]. The monoisotopic (exact) mass is 531 g/mol. The largest absolute Gasteiger partial charge is 1.00 e. The summed E-state index contributed by atoms with van der Waals surface area (Å²) in [6, 6.07) is 14.8. The van der Waals surface area contributed by atoms with E-state index >= 15 is 0 Å². The number of hydrogen-bond donors (Lipinski definition) is 2. The van der Waals surface area contributed by atoms with E-state index in [9.17, 15) is 9.59 Å². The lowest BCUT2D eigenvalue weighted by molar-refractivity contribution is -0.0000242. The molecular formula is C30H44ClN2O4-. The van der Waals surface area contributed by atoms with E-state index in [0.29, 0.717) is 50.3 Å². The lowest BCUT2D eigenvalue weighted by Crippen LogP contribution is -3.00. The van der Waals surface area contributed by atoms with Crippen molar-refractivity contribution in [1.29, 1.82) is 0 Å². The normalized spacial score (nSPS) is 12.3. The average Bonchev–Trinajstić information content (AvgIpc) is 2.92. The van der Waals surface area contributed by atoms with Gasteiger partial charge in [0.25, 0.3) is 0 Å². The van der Waals surface area contributed by atoms with Crippen LogP contribution in [-0.4, -0.2) is 51.0 Å². The summed E-state index contributed by atoms with van der Waals surface area (Å²) in [5, 5.41) is 6.66. The Morgan fingerprint density at radius 1 is 0.649 bits per heavy atom. The summed E-state index contributed by atoms with van der Waals surface area (Å²) in [4.78, 5) is 26.7. The maximum atomic E-state index is 13.4. The van der Waals surface area contributed by atoms with Gasteiger partial charge >= 0.3 is 0 Å². The molecular weight excluding hydrogens is 488 g/mol. The molecule has 0 bridgehead atoms. The van der Waals surface area contributed by atoms with Crippen LogP contribution in [0.25, 0.3) is 0 Å². The van der Waals surface area contributed by atoms with Gasteiger partial charge in [-0.15, -0.1) is 0 Å². The van der Waals surface area contributed by atoms with Crippen molar-refractivity contribution in [3.63, 3.8) is 0 Å². The molecule has 7 heteroatoms.